The van der Waals surface area contributed by atoms with E-state index in [9.17, 15) is 4.79 Å². The van der Waals surface area contributed by atoms with E-state index in [-0.39, 0.29) is 11.8 Å². The molecule has 118 valence electrons. The molecular formula is C17H16ClN3OS. The van der Waals surface area contributed by atoms with Gasteiger partial charge in [-0.05, 0) is 29.7 Å². The van der Waals surface area contributed by atoms with Crippen molar-refractivity contribution in [3.63, 3.8) is 0 Å². The van der Waals surface area contributed by atoms with Crippen molar-refractivity contribution in [3.05, 3.63) is 64.4 Å². The Kier molecular flexibility index (Phi) is 4.98. The minimum absolute atomic E-state index is 0.0268. The third-order valence-corrected chi connectivity index (χ3v) is 4.70. The van der Waals surface area contributed by atoms with Crippen LogP contribution in [0.5, 0.6) is 0 Å². The molecule has 1 aliphatic rings. The molecule has 1 aromatic carbocycles. The average Bonchev–Trinajstić information content (AvgIpc) is 2.56. The quantitative estimate of drug-likeness (QED) is 0.859. The zero-order valence-electron chi connectivity index (χ0n) is 12.4. The molecule has 6 heteroatoms. The monoisotopic (exact) mass is 345 g/mol. The predicted molar refractivity (Wildman–Crippen MR) is 95.2 cm³/mol. The summed E-state index contributed by atoms with van der Waals surface area (Å²) >= 11 is 7.38. The molecular weight excluding hydrogens is 330 g/mol. The number of nitrogens with two attached hydrogens (primary N) is 1. The first-order valence-corrected chi connectivity index (χ1v) is 8.68. The molecule has 0 radical (unpaired) electrons. The molecule has 0 fully saturated rings. The van der Waals surface area contributed by atoms with Gasteiger partial charge in [-0.25, -0.2) is 0 Å². The number of hydrogen-bond donors (Lipinski definition) is 1. The highest BCUT2D eigenvalue weighted by atomic mass is 35.5. The number of thioether (sulfide) groups is 1. The molecule has 1 aromatic heterocycles. The van der Waals surface area contributed by atoms with Crippen LogP contribution in [0, 0.1) is 0 Å². The lowest BCUT2D eigenvalue weighted by molar-refractivity contribution is 0.0988. The van der Waals surface area contributed by atoms with E-state index in [1.807, 2.05) is 24.3 Å². The third kappa shape index (κ3) is 4.12. The number of pyridine rings is 1. The lowest BCUT2D eigenvalue weighted by Gasteiger charge is -2.18. The van der Waals surface area contributed by atoms with Crippen molar-refractivity contribution >= 4 is 34.3 Å². The number of nitrogens with zero attached hydrogens (tertiary/aromatic N) is 2. The van der Waals surface area contributed by atoms with E-state index >= 15 is 0 Å². The van der Waals surface area contributed by atoms with Gasteiger partial charge < -0.3 is 5.73 Å². The molecule has 2 heterocycles. The van der Waals surface area contributed by atoms with Crippen molar-refractivity contribution < 1.29 is 4.79 Å². The van der Waals surface area contributed by atoms with E-state index in [0.717, 1.165) is 23.3 Å². The number of halogens is 1. The zero-order chi connectivity index (χ0) is 16.2. The van der Waals surface area contributed by atoms with E-state index in [4.69, 9.17) is 17.3 Å². The first kappa shape index (κ1) is 16.0. The number of rotatable bonds is 4. The van der Waals surface area contributed by atoms with Gasteiger partial charge in [0, 0.05) is 18.4 Å². The van der Waals surface area contributed by atoms with Crippen molar-refractivity contribution in [2.75, 3.05) is 5.75 Å². The summed E-state index contributed by atoms with van der Waals surface area (Å²) in [7, 11) is 0. The first-order chi connectivity index (χ1) is 11.1. The molecule has 3 rings (SSSR count). The van der Waals surface area contributed by atoms with Gasteiger partial charge in [-0.1, -0.05) is 47.6 Å². The van der Waals surface area contributed by atoms with E-state index in [2.05, 4.69) is 9.98 Å². The summed E-state index contributed by atoms with van der Waals surface area (Å²) in [5, 5.41) is 1.15. The summed E-state index contributed by atoms with van der Waals surface area (Å²) in [6, 6.07) is 11.4. The maximum atomic E-state index is 12.3. The SMILES string of the molecule is NC1=NC(c2cccc(CC(=O)c3ccc(Cl)cn3)c2)CCS1. The molecule has 0 amide bonds. The topological polar surface area (TPSA) is 68.3 Å². The van der Waals surface area contributed by atoms with Crippen LogP contribution in [0.25, 0.3) is 0 Å². The van der Waals surface area contributed by atoms with Crippen LogP contribution in [0.2, 0.25) is 5.02 Å². The Morgan fingerprint density at radius 1 is 1.35 bits per heavy atom. The normalized spacial score (nSPS) is 17.6. The highest BCUT2D eigenvalue weighted by Crippen LogP contribution is 2.28. The molecule has 1 aliphatic heterocycles. The fourth-order valence-electron chi connectivity index (χ4n) is 2.50. The predicted octanol–water partition coefficient (Wildman–Crippen LogP) is 3.65. The zero-order valence-corrected chi connectivity index (χ0v) is 14.0. The van der Waals surface area contributed by atoms with Crippen molar-refractivity contribution in [1.29, 1.82) is 0 Å². The fourth-order valence-corrected chi connectivity index (χ4v) is 3.36. The van der Waals surface area contributed by atoms with Gasteiger partial charge in [-0.2, -0.15) is 0 Å². The number of amidine groups is 1. The van der Waals surface area contributed by atoms with Crippen molar-refractivity contribution in [2.45, 2.75) is 18.9 Å². The smallest absolute Gasteiger partial charge is 0.185 e. The second-order valence-corrected chi connectivity index (χ2v) is 6.88. The van der Waals surface area contributed by atoms with Crippen LogP contribution < -0.4 is 5.73 Å². The van der Waals surface area contributed by atoms with E-state index in [0.29, 0.717) is 22.3 Å². The van der Waals surface area contributed by atoms with Gasteiger partial charge in [-0.15, -0.1) is 0 Å². The Balaban J connectivity index is 1.76. The molecule has 1 unspecified atom stereocenters. The van der Waals surface area contributed by atoms with Gasteiger partial charge in [0.2, 0.25) is 0 Å². The van der Waals surface area contributed by atoms with Gasteiger partial charge in [0.25, 0.3) is 0 Å². The number of ketones is 1. The van der Waals surface area contributed by atoms with Crippen LogP contribution in [0.3, 0.4) is 0 Å². The van der Waals surface area contributed by atoms with Crippen LogP contribution >= 0.6 is 23.4 Å². The lowest BCUT2D eigenvalue weighted by Crippen LogP contribution is -2.16. The van der Waals surface area contributed by atoms with Crippen LogP contribution in [-0.4, -0.2) is 21.7 Å². The van der Waals surface area contributed by atoms with Crippen LogP contribution in [0.1, 0.15) is 34.1 Å². The van der Waals surface area contributed by atoms with Gasteiger partial charge in [0.05, 0.1) is 11.1 Å². The number of Topliss-reactive ketones (excluding diaryl/α,β-unsaturated/α-hetero) is 1. The average molecular weight is 346 g/mol. The summed E-state index contributed by atoms with van der Waals surface area (Å²) in [5.41, 5.74) is 8.29. The summed E-state index contributed by atoms with van der Waals surface area (Å²) in [5.74, 6) is 0.943. The summed E-state index contributed by atoms with van der Waals surface area (Å²) in [6.45, 7) is 0. The molecule has 0 bridgehead atoms. The maximum absolute atomic E-state index is 12.3. The fraction of sp³-hybridized carbons (Fsp3) is 0.235. The molecule has 0 aliphatic carbocycles. The Hall–Kier alpha value is -1.85. The maximum Gasteiger partial charge on any atom is 0.185 e. The Labute approximate surface area is 144 Å². The molecule has 0 spiro atoms. The molecule has 23 heavy (non-hydrogen) atoms. The van der Waals surface area contributed by atoms with Crippen LogP contribution in [0.4, 0.5) is 0 Å². The second-order valence-electron chi connectivity index (χ2n) is 5.33. The highest BCUT2D eigenvalue weighted by molar-refractivity contribution is 8.13. The summed E-state index contributed by atoms with van der Waals surface area (Å²) < 4.78 is 0. The molecule has 2 N–H and O–H groups in total. The number of aliphatic imine (C=N–C) groups is 1. The standard InChI is InChI=1S/C17H16ClN3OS/c18-13-4-5-15(20-10-13)16(22)9-11-2-1-3-12(8-11)14-6-7-23-17(19)21-14/h1-5,8,10,14H,6-7,9H2,(H2,19,21). The second kappa shape index (κ2) is 7.15. The number of aromatic nitrogens is 1. The number of carbonyl (C=O) groups is 1. The molecule has 0 saturated carbocycles. The van der Waals surface area contributed by atoms with E-state index in [1.54, 1.807) is 23.9 Å². The Morgan fingerprint density at radius 2 is 2.22 bits per heavy atom. The largest absolute Gasteiger partial charge is 0.379 e. The van der Waals surface area contributed by atoms with Gasteiger partial charge in [0.15, 0.2) is 11.0 Å². The van der Waals surface area contributed by atoms with Gasteiger partial charge in [-0.3, -0.25) is 14.8 Å². The number of benzene rings is 1. The molecule has 2 aromatic rings. The third-order valence-electron chi connectivity index (χ3n) is 3.64. The van der Waals surface area contributed by atoms with E-state index in [1.165, 1.54) is 6.20 Å². The molecule has 1 atom stereocenters. The van der Waals surface area contributed by atoms with Crippen molar-refractivity contribution in [2.24, 2.45) is 10.7 Å². The molecule has 4 nitrogen and oxygen atoms in total. The summed E-state index contributed by atoms with van der Waals surface area (Å²) in [4.78, 5) is 20.9. The van der Waals surface area contributed by atoms with Gasteiger partial charge >= 0.3 is 0 Å². The van der Waals surface area contributed by atoms with Crippen LogP contribution in [-0.2, 0) is 6.42 Å². The highest BCUT2D eigenvalue weighted by Gasteiger charge is 2.17. The van der Waals surface area contributed by atoms with Crippen molar-refractivity contribution in [1.82, 2.24) is 4.98 Å². The minimum atomic E-state index is -0.0268. The van der Waals surface area contributed by atoms with E-state index < -0.39 is 0 Å². The lowest BCUT2D eigenvalue weighted by atomic mass is 9.99. The summed E-state index contributed by atoms with van der Waals surface area (Å²) in [6.07, 6.45) is 2.76. The number of carbonyl (C=O) groups excluding carboxylic acids is 1. The van der Waals surface area contributed by atoms with Gasteiger partial charge in [0.1, 0.15) is 5.69 Å². The Bertz CT molecular complexity index is 746. The first-order valence-electron chi connectivity index (χ1n) is 7.31. The van der Waals surface area contributed by atoms with Crippen LogP contribution in [0.15, 0.2) is 47.6 Å². The Morgan fingerprint density at radius 3 is 2.96 bits per heavy atom. The number of hydrogen-bond acceptors (Lipinski definition) is 5. The molecule has 0 saturated heterocycles. The minimum Gasteiger partial charge on any atom is -0.379 e. The van der Waals surface area contributed by atoms with Crippen molar-refractivity contribution in [3.8, 4) is 0 Å².